The first kappa shape index (κ1) is 53.4. The molecule has 15 nitrogen and oxygen atoms in total. The maximum Gasteiger partial charge on any atom is 0.425 e. The number of para-hydroxylation sites is 1. The van der Waals surface area contributed by atoms with Crippen molar-refractivity contribution >= 4 is 76.9 Å². The fraction of sp³-hybridized carbons (Fsp3) is 0.489. The van der Waals surface area contributed by atoms with Crippen LogP contribution in [0.1, 0.15) is 122 Å². The number of fused-ring (bicyclic) bond motifs is 2. The minimum Gasteiger partial charge on any atom is -0.744 e. The molecule has 354 valence electrons. The molecule has 3 aromatic rings. The molecule has 1 atom stereocenters. The SMILES string of the molecule is CCCCN1C(=CC=CC=CC2=[N+](CCCS(=O)(=O)O)c3ccc(S(=O)(=O)[O-])cc3C2(C)C)C(C)(CCCCCC(=O)CCCCCc2nc(Cl)nc(Cl)n2)c2ccccc21.O=S(=O)=O. The first-order valence-electron chi connectivity index (χ1n) is 21.6. The first-order chi connectivity index (χ1) is 30.6. The van der Waals surface area contributed by atoms with E-state index in [1.165, 1.54) is 29.1 Å². The summed E-state index contributed by atoms with van der Waals surface area (Å²) in [6, 6.07) is 12.8. The van der Waals surface area contributed by atoms with Gasteiger partial charge in [-0.25, -0.2) is 18.4 Å². The molecule has 1 N–H and O–H groups in total. The first-order valence-corrected chi connectivity index (χ1v) is 26.3. The lowest BCUT2D eigenvalue weighted by Gasteiger charge is -2.30. The van der Waals surface area contributed by atoms with Gasteiger partial charge in [0.05, 0.1) is 16.1 Å². The molecular formula is C45H57Cl2N5O10S3. The van der Waals surface area contributed by atoms with Gasteiger partial charge in [-0.15, -0.1) is 12.6 Å². The van der Waals surface area contributed by atoms with Crippen molar-refractivity contribution in [3.8, 4) is 0 Å². The Morgan fingerprint density at radius 1 is 0.846 bits per heavy atom. The molecular weight excluding hydrogens is 938 g/mol. The number of anilines is 1. The quantitative estimate of drug-likeness (QED) is 0.0406. The summed E-state index contributed by atoms with van der Waals surface area (Å²) in [5.74, 6) is 0.424. The van der Waals surface area contributed by atoms with Crippen LogP contribution < -0.4 is 4.90 Å². The van der Waals surface area contributed by atoms with E-state index in [-0.39, 0.29) is 39.6 Å². The van der Waals surface area contributed by atoms with Crippen molar-refractivity contribution in [2.24, 2.45) is 0 Å². The van der Waals surface area contributed by atoms with Crippen LogP contribution in [0, 0.1) is 0 Å². The largest absolute Gasteiger partial charge is 0.744 e. The number of unbranched alkanes of at least 4 members (excludes halogenated alkanes) is 5. The van der Waals surface area contributed by atoms with Crippen LogP contribution in [0.25, 0.3) is 0 Å². The highest BCUT2D eigenvalue weighted by atomic mass is 35.5. The summed E-state index contributed by atoms with van der Waals surface area (Å²) in [5, 5.41) is 0.170. The Morgan fingerprint density at radius 3 is 2.12 bits per heavy atom. The molecule has 0 saturated carbocycles. The summed E-state index contributed by atoms with van der Waals surface area (Å²) >= 11 is 11.7. The molecule has 2 aliphatic heterocycles. The highest BCUT2D eigenvalue weighted by molar-refractivity contribution is 7.86. The van der Waals surface area contributed by atoms with Gasteiger partial charge in [0.1, 0.15) is 28.3 Å². The Kier molecular flexibility index (Phi) is 19.8. The van der Waals surface area contributed by atoms with E-state index in [1.54, 1.807) is 6.07 Å². The zero-order valence-corrected chi connectivity index (χ0v) is 41.0. The zero-order valence-electron chi connectivity index (χ0n) is 37.1. The van der Waals surface area contributed by atoms with Crippen LogP contribution in [0.5, 0.6) is 0 Å². The summed E-state index contributed by atoms with van der Waals surface area (Å²) in [7, 11) is -12.0. The average molecular weight is 995 g/mol. The zero-order chi connectivity index (χ0) is 48.0. The number of aromatic nitrogens is 3. The molecule has 20 heteroatoms. The summed E-state index contributed by atoms with van der Waals surface area (Å²) in [6.07, 6.45) is 20.2. The molecule has 0 fully saturated rings. The highest BCUT2D eigenvalue weighted by Crippen LogP contribution is 2.51. The summed E-state index contributed by atoms with van der Waals surface area (Å²) in [4.78, 5) is 26.8. The second-order valence-corrected chi connectivity index (χ2v) is 20.8. The molecule has 1 unspecified atom stereocenters. The highest BCUT2D eigenvalue weighted by Gasteiger charge is 2.45. The number of hydrogen-bond donors (Lipinski definition) is 1. The lowest BCUT2D eigenvalue weighted by molar-refractivity contribution is -0.437. The van der Waals surface area contributed by atoms with Crippen LogP contribution in [0.4, 0.5) is 11.4 Å². The molecule has 65 heavy (non-hydrogen) atoms. The number of carbonyl (C=O) groups is 1. The van der Waals surface area contributed by atoms with Crippen LogP contribution in [0.15, 0.2) is 83.4 Å². The van der Waals surface area contributed by atoms with Crippen molar-refractivity contribution in [1.82, 2.24) is 15.0 Å². The van der Waals surface area contributed by atoms with E-state index in [0.29, 0.717) is 36.3 Å². The Labute approximate surface area is 394 Å². The molecule has 0 amide bonds. The molecule has 1 aromatic heterocycles. The van der Waals surface area contributed by atoms with Gasteiger partial charge in [-0.1, -0.05) is 69.0 Å². The minimum atomic E-state index is -4.70. The van der Waals surface area contributed by atoms with E-state index < -0.39 is 42.0 Å². The molecule has 0 aliphatic carbocycles. The molecule has 5 rings (SSSR count). The van der Waals surface area contributed by atoms with Gasteiger partial charge in [-0.05, 0) is 106 Å². The van der Waals surface area contributed by atoms with Crippen molar-refractivity contribution in [1.29, 1.82) is 0 Å². The topological polar surface area (TPSA) is 225 Å². The average Bonchev–Trinajstić information content (AvgIpc) is 3.57. The minimum absolute atomic E-state index is 0.0852. The van der Waals surface area contributed by atoms with Crippen LogP contribution in [-0.2, 0) is 52.9 Å². The predicted octanol–water partition coefficient (Wildman–Crippen LogP) is 8.63. The molecule has 3 heterocycles. The standard InChI is InChI=1S/C45H57Cl2N5O7S2.O3S/c1-5-6-29-52-37-22-16-15-21-35(37)45(4,28-17-9-11-20-33(53)19-10-7-14-25-41-48-42(46)50-43(47)49-41)40(52)24-13-8-12-23-39-44(2,3)36-32-34(61(57,58)59)26-27-38(36)51(39)30-18-31-60(54,55)56;1-4(2)3/h8,12-13,15-16,21-24,26-27,32H,5-7,9-11,14,17-20,25,28-31H2,1-4H3,(H-,54,55,56,57,58,59);. The van der Waals surface area contributed by atoms with Gasteiger partial charge >= 0.3 is 10.6 Å². The van der Waals surface area contributed by atoms with Crippen molar-refractivity contribution in [2.75, 3.05) is 23.7 Å². The maximum absolute atomic E-state index is 12.7. The molecule has 0 radical (unpaired) electrons. The van der Waals surface area contributed by atoms with Gasteiger partial charge in [0.25, 0.3) is 10.1 Å². The lowest BCUT2D eigenvalue weighted by atomic mass is 9.77. The number of benzene rings is 2. The van der Waals surface area contributed by atoms with Crippen LogP contribution in [0.2, 0.25) is 10.6 Å². The Morgan fingerprint density at radius 2 is 1.49 bits per heavy atom. The van der Waals surface area contributed by atoms with E-state index in [4.69, 9.17) is 35.8 Å². The van der Waals surface area contributed by atoms with Crippen molar-refractivity contribution in [3.05, 3.63) is 106 Å². The second kappa shape index (κ2) is 24.0. The van der Waals surface area contributed by atoms with Gasteiger partial charge in [0.15, 0.2) is 5.71 Å². The van der Waals surface area contributed by atoms with Crippen LogP contribution in [0.3, 0.4) is 0 Å². The van der Waals surface area contributed by atoms with E-state index in [1.807, 2.05) is 42.7 Å². The Balaban J connectivity index is 0.00000222. The monoisotopic (exact) mass is 993 g/mol. The number of carbonyl (C=O) groups excluding carboxylic acids is 1. The van der Waals surface area contributed by atoms with Crippen LogP contribution >= 0.6 is 23.2 Å². The third-order valence-corrected chi connectivity index (χ3v) is 13.6. The number of aryl methyl sites for hydroxylation is 1. The smallest absolute Gasteiger partial charge is 0.425 e. The summed E-state index contributed by atoms with van der Waals surface area (Å²) in [6.45, 7) is 9.50. The van der Waals surface area contributed by atoms with E-state index >= 15 is 0 Å². The lowest BCUT2D eigenvalue weighted by Crippen LogP contribution is -2.29. The molecule has 2 aromatic carbocycles. The summed E-state index contributed by atoms with van der Waals surface area (Å²) in [5.41, 5.74) is 4.86. The van der Waals surface area contributed by atoms with Gasteiger partial charge in [0.2, 0.25) is 16.3 Å². The van der Waals surface area contributed by atoms with Gasteiger partial charge in [-0.2, -0.15) is 18.0 Å². The number of rotatable bonds is 23. The van der Waals surface area contributed by atoms with E-state index in [9.17, 15) is 30.7 Å². The summed E-state index contributed by atoms with van der Waals surface area (Å²) < 4.78 is 95.5. The second-order valence-electron chi connectivity index (χ2n) is 16.7. The van der Waals surface area contributed by atoms with E-state index in [2.05, 4.69) is 64.0 Å². The van der Waals surface area contributed by atoms with Gasteiger partial charge in [0, 0.05) is 66.7 Å². The Bertz CT molecular complexity index is 2630. The third-order valence-electron chi connectivity index (χ3n) is 11.7. The molecule has 0 bridgehead atoms. The number of nitrogens with zero attached hydrogens (tertiary/aromatic N) is 5. The van der Waals surface area contributed by atoms with Crippen LogP contribution in [-0.4, -0.2) is 88.4 Å². The normalized spacial score (nSPS) is 17.5. The third kappa shape index (κ3) is 15.4. The number of hydrogen-bond acceptors (Lipinski definition) is 13. The Hall–Kier alpha value is -4.17. The van der Waals surface area contributed by atoms with Crippen molar-refractivity contribution in [2.45, 2.75) is 127 Å². The molecule has 2 aliphatic rings. The van der Waals surface area contributed by atoms with Crippen molar-refractivity contribution in [3.63, 3.8) is 0 Å². The molecule has 0 spiro atoms. The number of ketones is 1. The predicted molar refractivity (Wildman–Crippen MR) is 250 cm³/mol. The van der Waals surface area contributed by atoms with Crippen molar-refractivity contribution < 1.29 is 47.9 Å². The fourth-order valence-corrected chi connectivity index (χ4v) is 9.90. The maximum atomic E-state index is 12.7. The fourth-order valence-electron chi connectivity index (χ4n) is 8.51. The number of halogens is 2. The van der Waals surface area contributed by atoms with E-state index in [0.717, 1.165) is 70.0 Å². The number of allylic oxidation sites excluding steroid dienone is 6. The van der Waals surface area contributed by atoms with Gasteiger partial charge < -0.3 is 9.45 Å². The van der Waals surface area contributed by atoms with Gasteiger partial charge in [-0.3, -0.25) is 9.35 Å². The molecule has 0 saturated heterocycles. The number of Topliss-reactive ketones (excluding diaryl/α,β-unsaturated/α-hetero) is 1.